The molecule has 6 heteroatoms. The molecular weight excluding hydrogens is 238 g/mol. The van der Waals surface area contributed by atoms with Gasteiger partial charge in [0, 0.05) is 12.8 Å². The molecule has 0 aliphatic carbocycles. The van der Waals surface area contributed by atoms with Crippen molar-refractivity contribution in [3.8, 4) is 0 Å². The molecule has 2 N–H and O–H groups in total. The number of amides is 1. The third-order valence-electron chi connectivity index (χ3n) is 3.06. The number of piperidine rings is 1. The molecule has 1 aliphatic rings. The standard InChI is InChI=1S/C12H15NO5/c14-10-4-1-5-11(15)13(10)9(12(16)17)7-8-3-2-6-18-8/h2-3,6,9-10,14H,1,4-5,7H2,(H,16,17). The maximum atomic E-state index is 11.8. The molecule has 2 unspecified atom stereocenters. The number of aliphatic hydroxyl groups is 1. The van der Waals surface area contributed by atoms with Crippen molar-refractivity contribution in [2.45, 2.75) is 38.0 Å². The molecule has 2 heterocycles. The molecule has 6 nitrogen and oxygen atoms in total. The summed E-state index contributed by atoms with van der Waals surface area (Å²) < 4.78 is 5.09. The minimum atomic E-state index is -1.14. The Labute approximate surface area is 104 Å². The highest BCUT2D eigenvalue weighted by Gasteiger charge is 2.37. The number of hydrogen-bond acceptors (Lipinski definition) is 4. The molecule has 1 amide bonds. The SMILES string of the molecule is O=C(O)C(Cc1ccco1)N1C(=O)CCCC1O. The van der Waals surface area contributed by atoms with Crippen LogP contribution in [0.1, 0.15) is 25.0 Å². The van der Waals surface area contributed by atoms with Crippen LogP contribution >= 0.6 is 0 Å². The van der Waals surface area contributed by atoms with E-state index in [0.717, 1.165) is 4.90 Å². The molecule has 2 rings (SSSR count). The Morgan fingerprint density at radius 2 is 2.39 bits per heavy atom. The minimum Gasteiger partial charge on any atom is -0.480 e. The first-order valence-electron chi connectivity index (χ1n) is 5.84. The van der Waals surface area contributed by atoms with Crippen molar-refractivity contribution < 1.29 is 24.2 Å². The lowest BCUT2D eigenvalue weighted by molar-refractivity contribution is -0.164. The molecule has 2 atom stereocenters. The Bertz CT molecular complexity index is 428. The second kappa shape index (κ2) is 5.22. The molecule has 1 saturated heterocycles. The van der Waals surface area contributed by atoms with E-state index >= 15 is 0 Å². The van der Waals surface area contributed by atoms with Crippen molar-refractivity contribution in [2.75, 3.05) is 0 Å². The first-order chi connectivity index (χ1) is 8.59. The first kappa shape index (κ1) is 12.6. The van der Waals surface area contributed by atoms with E-state index in [4.69, 9.17) is 4.42 Å². The summed E-state index contributed by atoms with van der Waals surface area (Å²) in [6.07, 6.45) is 1.76. The van der Waals surface area contributed by atoms with Crippen LogP contribution < -0.4 is 0 Å². The molecule has 0 spiro atoms. The normalized spacial score (nSPS) is 21.9. The highest BCUT2D eigenvalue weighted by molar-refractivity contribution is 5.84. The van der Waals surface area contributed by atoms with Gasteiger partial charge in [-0.2, -0.15) is 0 Å². The average Bonchev–Trinajstić information content (AvgIpc) is 2.80. The number of carbonyl (C=O) groups excluding carboxylic acids is 1. The second-order valence-corrected chi connectivity index (χ2v) is 4.31. The molecule has 1 aliphatic heterocycles. The number of nitrogens with zero attached hydrogens (tertiary/aromatic N) is 1. The van der Waals surface area contributed by atoms with Crippen LogP contribution in [0.2, 0.25) is 0 Å². The van der Waals surface area contributed by atoms with E-state index in [1.165, 1.54) is 6.26 Å². The van der Waals surface area contributed by atoms with Crippen LogP contribution in [-0.2, 0) is 16.0 Å². The Hall–Kier alpha value is -1.82. The van der Waals surface area contributed by atoms with E-state index in [0.29, 0.717) is 18.6 Å². The number of aliphatic hydroxyl groups excluding tert-OH is 1. The Kier molecular flexibility index (Phi) is 3.66. The van der Waals surface area contributed by atoms with Crippen molar-refractivity contribution in [1.29, 1.82) is 0 Å². The van der Waals surface area contributed by atoms with Gasteiger partial charge in [-0.05, 0) is 25.0 Å². The summed E-state index contributed by atoms with van der Waals surface area (Å²) >= 11 is 0. The molecule has 1 aromatic rings. The molecule has 18 heavy (non-hydrogen) atoms. The average molecular weight is 253 g/mol. The van der Waals surface area contributed by atoms with Gasteiger partial charge in [0.1, 0.15) is 18.0 Å². The predicted octanol–water partition coefficient (Wildman–Crippen LogP) is 0.606. The zero-order chi connectivity index (χ0) is 13.1. The summed E-state index contributed by atoms with van der Waals surface area (Å²) in [6.45, 7) is 0. The van der Waals surface area contributed by atoms with Gasteiger partial charge in [-0.3, -0.25) is 4.79 Å². The van der Waals surface area contributed by atoms with E-state index in [1.807, 2.05) is 0 Å². The van der Waals surface area contributed by atoms with E-state index in [1.54, 1.807) is 12.1 Å². The van der Waals surface area contributed by atoms with E-state index in [2.05, 4.69) is 0 Å². The fourth-order valence-electron chi connectivity index (χ4n) is 2.18. The summed E-state index contributed by atoms with van der Waals surface area (Å²) in [4.78, 5) is 24.1. The summed E-state index contributed by atoms with van der Waals surface area (Å²) in [5, 5.41) is 19.0. The van der Waals surface area contributed by atoms with Crippen molar-refractivity contribution in [1.82, 2.24) is 4.90 Å². The lowest BCUT2D eigenvalue weighted by Gasteiger charge is -2.36. The second-order valence-electron chi connectivity index (χ2n) is 4.31. The molecule has 98 valence electrons. The van der Waals surface area contributed by atoms with E-state index in [-0.39, 0.29) is 18.7 Å². The maximum absolute atomic E-state index is 11.8. The van der Waals surface area contributed by atoms with Crippen LogP contribution in [0.4, 0.5) is 0 Å². The monoisotopic (exact) mass is 253 g/mol. The molecular formula is C12H15NO5. The van der Waals surface area contributed by atoms with Crippen LogP contribution in [-0.4, -0.2) is 39.3 Å². The van der Waals surface area contributed by atoms with Gasteiger partial charge >= 0.3 is 5.97 Å². The van der Waals surface area contributed by atoms with Gasteiger partial charge in [-0.25, -0.2) is 4.79 Å². The fourth-order valence-corrected chi connectivity index (χ4v) is 2.18. The zero-order valence-electron chi connectivity index (χ0n) is 9.78. The number of likely N-dealkylation sites (tertiary alicyclic amines) is 1. The Morgan fingerprint density at radius 1 is 1.61 bits per heavy atom. The Balaban J connectivity index is 2.18. The van der Waals surface area contributed by atoms with Crippen molar-refractivity contribution in [3.63, 3.8) is 0 Å². The smallest absolute Gasteiger partial charge is 0.326 e. The molecule has 1 fully saturated rings. The minimum absolute atomic E-state index is 0.0606. The van der Waals surface area contributed by atoms with Crippen LogP contribution in [0.25, 0.3) is 0 Å². The van der Waals surface area contributed by atoms with Gasteiger partial charge in [0.25, 0.3) is 0 Å². The van der Waals surface area contributed by atoms with Crippen LogP contribution in [0.15, 0.2) is 22.8 Å². The first-order valence-corrected chi connectivity index (χ1v) is 5.84. The molecule has 0 aromatic carbocycles. The topological polar surface area (TPSA) is 91.0 Å². The molecule has 0 bridgehead atoms. The highest BCUT2D eigenvalue weighted by Crippen LogP contribution is 2.21. The summed E-state index contributed by atoms with van der Waals surface area (Å²) in [5.74, 6) is -0.985. The van der Waals surface area contributed by atoms with E-state index < -0.39 is 18.2 Å². The lowest BCUT2D eigenvalue weighted by atomic mass is 10.0. The largest absolute Gasteiger partial charge is 0.480 e. The van der Waals surface area contributed by atoms with Crippen LogP contribution in [0.5, 0.6) is 0 Å². The maximum Gasteiger partial charge on any atom is 0.326 e. The van der Waals surface area contributed by atoms with Gasteiger partial charge in [0.15, 0.2) is 0 Å². The number of aliphatic carboxylic acids is 1. The quantitative estimate of drug-likeness (QED) is 0.820. The fraction of sp³-hybridized carbons (Fsp3) is 0.500. The zero-order valence-corrected chi connectivity index (χ0v) is 9.78. The third kappa shape index (κ3) is 2.53. The van der Waals surface area contributed by atoms with Gasteiger partial charge in [-0.1, -0.05) is 0 Å². The lowest BCUT2D eigenvalue weighted by Crippen LogP contribution is -2.53. The van der Waals surface area contributed by atoms with Gasteiger partial charge in [0.05, 0.1) is 6.26 Å². The van der Waals surface area contributed by atoms with Crippen LogP contribution in [0, 0.1) is 0 Å². The number of hydrogen-bond donors (Lipinski definition) is 2. The number of carbonyl (C=O) groups is 2. The summed E-state index contributed by atoms with van der Waals surface area (Å²) in [6, 6.07) is 2.22. The van der Waals surface area contributed by atoms with Gasteiger partial charge in [-0.15, -0.1) is 0 Å². The highest BCUT2D eigenvalue weighted by atomic mass is 16.4. The summed E-state index contributed by atoms with van der Waals surface area (Å²) in [5.41, 5.74) is 0. The van der Waals surface area contributed by atoms with Crippen LogP contribution in [0.3, 0.4) is 0 Å². The predicted molar refractivity (Wildman–Crippen MR) is 60.5 cm³/mol. The number of carboxylic acid groups (broad SMARTS) is 1. The number of furan rings is 1. The molecule has 0 saturated carbocycles. The van der Waals surface area contributed by atoms with Gasteiger partial charge in [0.2, 0.25) is 5.91 Å². The van der Waals surface area contributed by atoms with E-state index in [9.17, 15) is 19.8 Å². The summed E-state index contributed by atoms with van der Waals surface area (Å²) in [7, 11) is 0. The van der Waals surface area contributed by atoms with Crippen molar-refractivity contribution >= 4 is 11.9 Å². The van der Waals surface area contributed by atoms with Gasteiger partial charge < -0.3 is 19.5 Å². The molecule has 0 radical (unpaired) electrons. The number of carboxylic acids is 1. The number of rotatable bonds is 4. The van der Waals surface area contributed by atoms with Crippen molar-refractivity contribution in [2.24, 2.45) is 0 Å². The Morgan fingerprint density at radius 3 is 2.94 bits per heavy atom. The third-order valence-corrected chi connectivity index (χ3v) is 3.06. The molecule has 1 aromatic heterocycles. The van der Waals surface area contributed by atoms with Crippen molar-refractivity contribution in [3.05, 3.63) is 24.2 Å².